The van der Waals surface area contributed by atoms with E-state index < -0.39 is 17.5 Å². The number of carbonyl (C=O) groups is 1. The minimum atomic E-state index is -0.775. The topological polar surface area (TPSA) is 49.8 Å². The molecule has 0 heterocycles. The number of hydrogen-bond donors (Lipinski definition) is 1. The van der Waals surface area contributed by atoms with Crippen LogP contribution in [0.15, 0.2) is 24.3 Å². The third kappa shape index (κ3) is 4.17. The molecule has 5 heteroatoms. The van der Waals surface area contributed by atoms with E-state index in [0.717, 1.165) is 25.7 Å². The fourth-order valence-electron chi connectivity index (χ4n) is 2.82. The number of benzene rings is 1. The van der Waals surface area contributed by atoms with Crippen LogP contribution >= 0.6 is 0 Å². The van der Waals surface area contributed by atoms with Gasteiger partial charge in [0.2, 0.25) is 0 Å². The van der Waals surface area contributed by atoms with Crippen LogP contribution in [-0.2, 0) is 4.79 Å². The first-order valence-corrected chi connectivity index (χ1v) is 7.29. The lowest BCUT2D eigenvalue weighted by molar-refractivity contribution is -0.139. The lowest BCUT2D eigenvalue weighted by atomic mass is 10.0. The summed E-state index contributed by atoms with van der Waals surface area (Å²) >= 11 is 0. The van der Waals surface area contributed by atoms with E-state index in [4.69, 9.17) is 4.74 Å². The molecule has 1 atom stereocenters. The van der Waals surface area contributed by atoms with Crippen LogP contribution in [-0.4, -0.2) is 41.2 Å². The Morgan fingerprint density at radius 3 is 2.76 bits per heavy atom. The van der Waals surface area contributed by atoms with E-state index in [2.05, 4.69) is 0 Å². The van der Waals surface area contributed by atoms with Gasteiger partial charge in [0.15, 0.2) is 6.10 Å². The Labute approximate surface area is 124 Å². The highest BCUT2D eigenvalue weighted by molar-refractivity contribution is 5.80. The first-order chi connectivity index (χ1) is 9.89. The van der Waals surface area contributed by atoms with Gasteiger partial charge in [-0.3, -0.25) is 4.79 Å². The Bertz CT molecular complexity index is 500. The average Bonchev–Trinajstić information content (AvgIpc) is 2.84. The summed E-state index contributed by atoms with van der Waals surface area (Å²) in [5, 5.41) is 10.3. The van der Waals surface area contributed by atoms with Crippen LogP contribution < -0.4 is 4.74 Å². The van der Waals surface area contributed by atoms with E-state index >= 15 is 0 Å². The van der Waals surface area contributed by atoms with Crippen molar-refractivity contribution in [3.63, 3.8) is 0 Å². The first-order valence-electron chi connectivity index (χ1n) is 7.29. The zero-order valence-electron chi connectivity index (χ0n) is 12.5. The molecule has 1 aromatic carbocycles. The van der Waals surface area contributed by atoms with E-state index in [1.54, 1.807) is 20.0 Å². The number of likely N-dealkylation sites (N-methyl/N-ethyl adjacent to an activating group) is 1. The molecule has 1 aliphatic carbocycles. The van der Waals surface area contributed by atoms with Crippen molar-refractivity contribution < 1.29 is 19.0 Å². The molecule has 0 saturated heterocycles. The summed E-state index contributed by atoms with van der Waals surface area (Å²) in [7, 11) is 1.66. The van der Waals surface area contributed by atoms with Gasteiger partial charge in [-0.05, 0) is 31.9 Å². The lowest BCUT2D eigenvalue weighted by Crippen LogP contribution is -2.46. The Kier molecular flexibility index (Phi) is 4.83. The zero-order valence-corrected chi connectivity index (χ0v) is 12.5. The van der Waals surface area contributed by atoms with E-state index in [1.807, 2.05) is 0 Å². The number of ether oxygens (including phenoxy) is 1. The molecule has 0 aliphatic heterocycles. The Hall–Kier alpha value is -1.62. The number of halogens is 1. The molecule has 1 fully saturated rings. The second kappa shape index (κ2) is 6.43. The highest BCUT2D eigenvalue weighted by Crippen LogP contribution is 2.30. The standard InChI is InChI=1S/C16H22FNO3/c1-12(21-14-7-5-6-13(17)10-14)15(19)18(2)11-16(20)8-3-4-9-16/h5-7,10,12,20H,3-4,8-9,11H2,1-2H3. The minimum absolute atomic E-state index is 0.223. The van der Waals surface area contributed by atoms with E-state index in [0.29, 0.717) is 12.3 Å². The molecule has 0 aromatic heterocycles. The third-order valence-corrected chi connectivity index (χ3v) is 3.90. The van der Waals surface area contributed by atoms with Crippen molar-refractivity contribution in [2.75, 3.05) is 13.6 Å². The van der Waals surface area contributed by atoms with Gasteiger partial charge in [0.25, 0.3) is 5.91 Å². The van der Waals surface area contributed by atoms with Crippen LogP contribution in [0.3, 0.4) is 0 Å². The van der Waals surface area contributed by atoms with Gasteiger partial charge in [0.1, 0.15) is 11.6 Å². The van der Waals surface area contributed by atoms with E-state index in [-0.39, 0.29) is 5.91 Å². The van der Waals surface area contributed by atoms with Crippen LogP contribution in [0.4, 0.5) is 4.39 Å². The van der Waals surface area contributed by atoms with Crippen LogP contribution in [0, 0.1) is 5.82 Å². The predicted molar refractivity (Wildman–Crippen MR) is 77.5 cm³/mol. The number of nitrogens with zero attached hydrogens (tertiary/aromatic N) is 1. The fraction of sp³-hybridized carbons (Fsp3) is 0.562. The molecule has 1 amide bonds. The van der Waals surface area contributed by atoms with Crippen molar-refractivity contribution >= 4 is 5.91 Å². The third-order valence-electron chi connectivity index (χ3n) is 3.90. The largest absolute Gasteiger partial charge is 0.481 e. The number of aliphatic hydroxyl groups is 1. The molecule has 1 aromatic rings. The quantitative estimate of drug-likeness (QED) is 0.907. The van der Waals surface area contributed by atoms with Crippen LogP contribution in [0.5, 0.6) is 5.75 Å². The molecule has 1 unspecified atom stereocenters. The summed E-state index contributed by atoms with van der Waals surface area (Å²) in [6, 6.07) is 5.71. The van der Waals surface area contributed by atoms with Crippen molar-refractivity contribution in [2.24, 2.45) is 0 Å². The molecule has 0 radical (unpaired) electrons. The van der Waals surface area contributed by atoms with Gasteiger partial charge in [0, 0.05) is 19.7 Å². The van der Waals surface area contributed by atoms with Crippen molar-refractivity contribution in [1.29, 1.82) is 0 Å². The van der Waals surface area contributed by atoms with Gasteiger partial charge in [-0.2, -0.15) is 0 Å². The second-order valence-corrected chi connectivity index (χ2v) is 5.84. The minimum Gasteiger partial charge on any atom is -0.481 e. The van der Waals surface area contributed by atoms with Crippen molar-refractivity contribution in [3.05, 3.63) is 30.1 Å². The molecular formula is C16H22FNO3. The van der Waals surface area contributed by atoms with Gasteiger partial charge < -0.3 is 14.7 Å². The van der Waals surface area contributed by atoms with Gasteiger partial charge >= 0.3 is 0 Å². The summed E-state index contributed by atoms with van der Waals surface area (Å²) < 4.78 is 18.6. The summed E-state index contributed by atoms with van der Waals surface area (Å²) in [4.78, 5) is 13.8. The SMILES string of the molecule is CC(Oc1cccc(F)c1)C(=O)N(C)CC1(O)CCCC1. The van der Waals surface area contributed by atoms with Crippen LogP contribution in [0.2, 0.25) is 0 Å². The van der Waals surface area contributed by atoms with E-state index in [9.17, 15) is 14.3 Å². The van der Waals surface area contributed by atoms with Crippen LogP contribution in [0.25, 0.3) is 0 Å². The average molecular weight is 295 g/mol. The number of hydrogen-bond acceptors (Lipinski definition) is 3. The van der Waals surface area contributed by atoms with Crippen molar-refractivity contribution in [1.82, 2.24) is 4.90 Å². The van der Waals surface area contributed by atoms with Gasteiger partial charge in [-0.1, -0.05) is 18.9 Å². The highest BCUT2D eigenvalue weighted by atomic mass is 19.1. The number of carbonyl (C=O) groups excluding carboxylic acids is 1. The first kappa shape index (κ1) is 15.8. The molecule has 0 spiro atoms. The monoisotopic (exact) mass is 295 g/mol. The molecular weight excluding hydrogens is 273 g/mol. The van der Waals surface area contributed by atoms with Crippen molar-refractivity contribution in [2.45, 2.75) is 44.3 Å². The van der Waals surface area contributed by atoms with Crippen molar-refractivity contribution in [3.8, 4) is 5.75 Å². The smallest absolute Gasteiger partial charge is 0.263 e. The van der Waals surface area contributed by atoms with Gasteiger partial charge in [-0.25, -0.2) is 4.39 Å². The molecule has 116 valence electrons. The molecule has 4 nitrogen and oxygen atoms in total. The summed E-state index contributed by atoms with van der Waals surface area (Å²) in [6.07, 6.45) is 2.72. The summed E-state index contributed by atoms with van der Waals surface area (Å²) in [6.45, 7) is 1.94. The Balaban J connectivity index is 1.92. The van der Waals surface area contributed by atoms with E-state index in [1.165, 1.54) is 23.1 Å². The maximum atomic E-state index is 13.1. The number of rotatable bonds is 5. The Morgan fingerprint density at radius 2 is 2.14 bits per heavy atom. The van der Waals surface area contributed by atoms with Gasteiger partial charge in [0.05, 0.1) is 5.60 Å². The Morgan fingerprint density at radius 1 is 1.48 bits per heavy atom. The highest BCUT2D eigenvalue weighted by Gasteiger charge is 2.34. The molecule has 21 heavy (non-hydrogen) atoms. The summed E-state index contributed by atoms with van der Waals surface area (Å²) in [5.74, 6) is -0.302. The van der Waals surface area contributed by atoms with Gasteiger partial charge in [-0.15, -0.1) is 0 Å². The maximum absolute atomic E-state index is 13.1. The summed E-state index contributed by atoms with van der Waals surface area (Å²) in [5.41, 5.74) is -0.775. The predicted octanol–water partition coefficient (Wildman–Crippen LogP) is 2.36. The van der Waals surface area contributed by atoms with Crippen LogP contribution in [0.1, 0.15) is 32.6 Å². The molecule has 2 rings (SSSR count). The molecule has 0 bridgehead atoms. The second-order valence-electron chi connectivity index (χ2n) is 5.84. The maximum Gasteiger partial charge on any atom is 0.263 e. The fourth-order valence-corrected chi connectivity index (χ4v) is 2.82. The molecule has 1 saturated carbocycles. The molecule has 1 aliphatic rings. The molecule has 1 N–H and O–H groups in total. The normalized spacial score (nSPS) is 18.3. The lowest BCUT2D eigenvalue weighted by Gasteiger charge is -2.30. The number of amides is 1. The zero-order chi connectivity index (χ0) is 15.5.